The number of ether oxygens (including phenoxy) is 2. The number of methoxy groups -OCH3 is 1. The van der Waals surface area contributed by atoms with Crippen LogP contribution in [-0.2, 0) is 30.5 Å². The Bertz CT molecular complexity index is 858. The molecule has 2 N–H and O–H groups in total. The van der Waals surface area contributed by atoms with Crippen molar-refractivity contribution in [2.45, 2.75) is 70.7 Å². The second-order valence-electron chi connectivity index (χ2n) is 8.59. The summed E-state index contributed by atoms with van der Waals surface area (Å²) in [5, 5.41) is 11.2. The molecule has 0 aromatic heterocycles. The number of esters is 1. The van der Waals surface area contributed by atoms with E-state index < -0.39 is 30.1 Å². The summed E-state index contributed by atoms with van der Waals surface area (Å²) < 4.78 is 10.2. The number of rotatable bonds is 5. The largest absolute Gasteiger partial charge is 0.480 e. The van der Waals surface area contributed by atoms with Gasteiger partial charge in [0.15, 0.2) is 0 Å². The maximum Gasteiger partial charge on any atom is 0.410 e. The van der Waals surface area contributed by atoms with Gasteiger partial charge in [-0.3, -0.25) is 14.5 Å². The van der Waals surface area contributed by atoms with Crippen LogP contribution in [0, 0.1) is 0 Å². The minimum atomic E-state index is -0.720. The Labute approximate surface area is 206 Å². The summed E-state index contributed by atoms with van der Waals surface area (Å²) in [6, 6.07) is 8.04. The molecule has 3 saturated heterocycles. The van der Waals surface area contributed by atoms with Crippen LogP contribution in [0.1, 0.15) is 51.5 Å². The zero-order chi connectivity index (χ0) is 24.5. The number of nitrogens with one attached hydrogen (secondary N) is 1. The third kappa shape index (κ3) is 7.42. The molecule has 0 radical (unpaired) electrons. The lowest BCUT2D eigenvalue weighted by Gasteiger charge is -2.30. The first-order valence-electron chi connectivity index (χ1n) is 11.7. The molecule has 194 valence electrons. The number of hydrogen-bond acceptors (Lipinski definition) is 7. The Kier molecular flexibility index (Phi) is 11.0. The Morgan fingerprint density at radius 2 is 1.63 bits per heavy atom. The van der Waals surface area contributed by atoms with Crippen molar-refractivity contribution in [1.29, 1.82) is 0 Å². The predicted octanol–water partition coefficient (Wildman–Crippen LogP) is 2.41. The molecule has 2 amide bonds. The Morgan fingerprint density at radius 1 is 0.971 bits per heavy atom. The van der Waals surface area contributed by atoms with Gasteiger partial charge in [0.05, 0.1) is 7.11 Å². The number of hydrogen-bond donors (Lipinski definition) is 2. The number of benzene rings is 1. The number of carboxylic acids is 1. The van der Waals surface area contributed by atoms with Crippen LogP contribution < -0.4 is 5.32 Å². The van der Waals surface area contributed by atoms with Crippen LogP contribution in [0.4, 0.5) is 4.79 Å². The summed E-state index contributed by atoms with van der Waals surface area (Å²) in [5.41, 5.74) is 0.897. The van der Waals surface area contributed by atoms with Crippen LogP contribution in [0.3, 0.4) is 0 Å². The van der Waals surface area contributed by atoms with Gasteiger partial charge in [0.1, 0.15) is 24.7 Å². The van der Waals surface area contributed by atoms with E-state index in [0.29, 0.717) is 25.9 Å². The van der Waals surface area contributed by atoms with E-state index in [0.717, 1.165) is 37.8 Å². The van der Waals surface area contributed by atoms with Gasteiger partial charge in [-0.2, -0.15) is 0 Å². The number of carbonyl (C=O) groups excluding carboxylic acids is 3. The number of likely N-dealkylation sites (tertiary alicyclic amines) is 2. The van der Waals surface area contributed by atoms with Gasteiger partial charge in [-0.25, -0.2) is 9.59 Å². The highest BCUT2D eigenvalue weighted by Gasteiger charge is 2.42. The summed E-state index contributed by atoms with van der Waals surface area (Å²) in [6.45, 7) is 2.03. The molecule has 10 nitrogen and oxygen atoms in total. The number of carboxylic acid groups (broad SMARTS) is 1. The van der Waals surface area contributed by atoms with E-state index >= 15 is 0 Å². The molecule has 0 saturated carbocycles. The average Bonchev–Trinajstić information content (AvgIpc) is 3.64. The summed E-state index contributed by atoms with van der Waals surface area (Å²) in [6.07, 6.45) is 3.99. The fraction of sp³-hybridized carbons (Fsp3) is 0.600. The maximum atomic E-state index is 12.9. The van der Waals surface area contributed by atoms with Gasteiger partial charge in [0.2, 0.25) is 5.91 Å². The van der Waals surface area contributed by atoms with Crippen LogP contribution in [0.15, 0.2) is 30.3 Å². The minimum absolute atomic E-state index is 0. The molecule has 1 aromatic rings. The minimum Gasteiger partial charge on any atom is -0.480 e. The van der Waals surface area contributed by atoms with Gasteiger partial charge in [0.25, 0.3) is 0 Å². The quantitative estimate of drug-likeness (QED) is 0.602. The number of nitrogens with zero attached hydrogens (tertiary/aromatic N) is 2. The number of carbonyl (C=O) groups is 4. The molecule has 3 heterocycles. The lowest BCUT2D eigenvalue weighted by atomic mass is 10.1. The molecular formula is C25H37N3O7. The van der Waals surface area contributed by atoms with Gasteiger partial charge in [-0.05, 0) is 50.6 Å². The molecule has 3 aliphatic heterocycles. The number of aliphatic carboxylic acids is 1. The lowest BCUT2D eigenvalue weighted by Crippen LogP contribution is -2.51. The summed E-state index contributed by atoms with van der Waals surface area (Å²) in [4.78, 5) is 50.5. The fourth-order valence-corrected chi connectivity index (χ4v) is 4.54. The van der Waals surface area contributed by atoms with E-state index in [-0.39, 0.29) is 26.0 Å². The molecular weight excluding hydrogens is 454 g/mol. The molecule has 0 bridgehead atoms. The van der Waals surface area contributed by atoms with Crippen molar-refractivity contribution in [1.82, 2.24) is 15.1 Å². The molecule has 3 fully saturated rings. The van der Waals surface area contributed by atoms with E-state index in [4.69, 9.17) is 14.6 Å². The molecule has 0 aliphatic carbocycles. The molecule has 10 heteroatoms. The summed E-state index contributed by atoms with van der Waals surface area (Å²) >= 11 is 0. The molecule has 35 heavy (non-hydrogen) atoms. The first-order chi connectivity index (χ1) is 16.4. The third-order valence-corrected chi connectivity index (χ3v) is 6.35. The van der Waals surface area contributed by atoms with Crippen molar-refractivity contribution in [3.05, 3.63) is 35.9 Å². The van der Waals surface area contributed by atoms with Crippen LogP contribution in [-0.4, -0.2) is 83.7 Å². The van der Waals surface area contributed by atoms with Crippen molar-refractivity contribution in [2.75, 3.05) is 26.7 Å². The van der Waals surface area contributed by atoms with E-state index in [1.54, 1.807) is 4.90 Å². The summed E-state index contributed by atoms with van der Waals surface area (Å²) in [5.74, 6) is -1.30. The van der Waals surface area contributed by atoms with E-state index in [1.807, 2.05) is 30.3 Å². The average molecular weight is 492 g/mol. The molecule has 3 atom stereocenters. The highest BCUT2D eigenvalue weighted by atomic mass is 16.6. The fourth-order valence-electron chi connectivity index (χ4n) is 4.54. The van der Waals surface area contributed by atoms with E-state index in [2.05, 4.69) is 5.32 Å². The van der Waals surface area contributed by atoms with E-state index in [1.165, 1.54) is 12.0 Å². The summed E-state index contributed by atoms with van der Waals surface area (Å²) in [7, 11) is 1.33. The van der Waals surface area contributed by atoms with Gasteiger partial charge >= 0.3 is 18.0 Å². The second-order valence-corrected chi connectivity index (χ2v) is 8.59. The molecule has 0 unspecified atom stereocenters. The third-order valence-electron chi connectivity index (χ3n) is 6.35. The number of amides is 2. The smallest absolute Gasteiger partial charge is 0.410 e. The highest BCUT2D eigenvalue weighted by Crippen LogP contribution is 2.26. The van der Waals surface area contributed by atoms with Crippen LogP contribution in [0.25, 0.3) is 0 Å². The molecule has 4 rings (SSSR count). The first-order valence-corrected chi connectivity index (χ1v) is 11.7. The van der Waals surface area contributed by atoms with Crippen molar-refractivity contribution in [3.63, 3.8) is 0 Å². The van der Waals surface area contributed by atoms with E-state index in [9.17, 15) is 19.2 Å². The highest BCUT2D eigenvalue weighted by molar-refractivity contribution is 5.90. The van der Waals surface area contributed by atoms with Crippen LogP contribution in [0.2, 0.25) is 0 Å². The lowest BCUT2D eigenvalue weighted by molar-refractivity contribution is -0.152. The molecule has 3 aliphatic rings. The van der Waals surface area contributed by atoms with Crippen molar-refractivity contribution < 1.29 is 33.8 Å². The Hall–Kier alpha value is -3.14. The van der Waals surface area contributed by atoms with Gasteiger partial charge in [-0.1, -0.05) is 37.8 Å². The Balaban J connectivity index is 0.000000409. The zero-order valence-corrected chi connectivity index (χ0v) is 19.5. The monoisotopic (exact) mass is 491 g/mol. The predicted molar refractivity (Wildman–Crippen MR) is 128 cm³/mol. The van der Waals surface area contributed by atoms with Gasteiger partial charge in [-0.15, -0.1) is 0 Å². The molecule has 1 aromatic carbocycles. The first kappa shape index (κ1) is 28.1. The van der Waals surface area contributed by atoms with Crippen molar-refractivity contribution >= 4 is 23.9 Å². The second kappa shape index (κ2) is 13.7. The Morgan fingerprint density at radius 3 is 2.20 bits per heavy atom. The maximum absolute atomic E-state index is 12.9. The van der Waals surface area contributed by atoms with Crippen LogP contribution in [0.5, 0.6) is 0 Å². The molecule has 0 spiro atoms. The standard InChI is InChI=1S/C19H24N2O5.C5H9NO2.CH4/c1-25-18(23)16-10-6-11-20(16)17(22)15-9-5-12-21(15)19(24)26-13-14-7-3-2-4-8-14;7-5(8)4-2-1-3-6-4;/h2-4,7-8,15-16H,5-6,9-13H2,1H3;4,6H,1-3H2,(H,7,8);1H4/t15-,16-;4-;/m00./s1. The van der Waals surface area contributed by atoms with Crippen molar-refractivity contribution in [3.8, 4) is 0 Å². The topological polar surface area (TPSA) is 125 Å². The zero-order valence-electron chi connectivity index (χ0n) is 19.5. The van der Waals surface area contributed by atoms with Crippen molar-refractivity contribution in [2.24, 2.45) is 0 Å². The van der Waals surface area contributed by atoms with Gasteiger partial charge in [0, 0.05) is 13.1 Å². The van der Waals surface area contributed by atoms with Crippen LogP contribution >= 0.6 is 0 Å². The normalized spacial score (nSPS) is 23.1. The SMILES string of the molecule is C.COC(=O)[C@@H]1CCCN1C(=O)[C@@H]1CCCN1C(=O)OCc1ccccc1.O=C(O)[C@@H]1CCCN1. The van der Waals surface area contributed by atoms with Gasteiger partial charge < -0.3 is 24.8 Å².